The van der Waals surface area contributed by atoms with E-state index in [-0.39, 0.29) is 29.9 Å². The molecule has 8 nitrogen and oxygen atoms in total. The third-order valence-corrected chi connectivity index (χ3v) is 4.40. The first-order valence-electron chi connectivity index (χ1n) is 8.43. The molecule has 0 bridgehead atoms. The minimum absolute atomic E-state index is 0.106. The highest BCUT2D eigenvalue weighted by atomic mass is 16.2. The van der Waals surface area contributed by atoms with Crippen LogP contribution in [0.25, 0.3) is 0 Å². The second kappa shape index (κ2) is 7.59. The first kappa shape index (κ1) is 18.0. The molecule has 4 N–H and O–H groups in total. The molecule has 0 aromatic heterocycles. The van der Waals surface area contributed by atoms with Crippen LogP contribution in [-0.2, 0) is 16.1 Å². The molecule has 0 saturated carbocycles. The van der Waals surface area contributed by atoms with Crippen molar-refractivity contribution in [2.75, 3.05) is 13.1 Å². The van der Waals surface area contributed by atoms with E-state index in [0.717, 1.165) is 10.5 Å². The molecule has 1 saturated heterocycles. The summed E-state index contributed by atoms with van der Waals surface area (Å²) in [6.07, 6.45) is 4.01. The van der Waals surface area contributed by atoms with Crippen molar-refractivity contribution in [2.45, 2.75) is 25.4 Å². The second-order valence-electron chi connectivity index (χ2n) is 6.17. The van der Waals surface area contributed by atoms with E-state index in [2.05, 4.69) is 10.6 Å². The second-order valence-corrected chi connectivity index (χ2v) is 6.17. The van der Waals surface area contributed by atoms with Gasteiger partial charge in [0.1, 0.15) is 6.04 Å². The zero-order valence-electron chi connectivity index (χ0n) is 14.2. The molecule has 2 aliphatic rings. The molecule has 1 fully saturated rings. The molecule has 136 valence electrons. The Morgan fingerprint density at radius 3 is 2.65 bits per heavy atom. The number of imide groups is 2. The van der Waals surface area contributed by atoms with Gasteiger partial charge in [-0.15, -0.1) is 0 Å². The van der Waals surface area contributed by atoms with Crippen molar-refractivity contribution in [1.82, 2.24) is 15.5 Å². The van der Waals surface area contributed by atoms with E-state index in [1.807, 2.05) is 12.2 Å². The van der Waals surface area contributed by atoms with Crippen molar-refractivity contribution in [1.29, 1.82) is 0 Å². The predicted octanol–water partition coefficient (Wildman–Crippen LogP) is -0.308. The SMILES string of the molecule is NC/C=C\CNCc1ccc2c(c1)C(=O)N(C1CCC(=O)NC1=O)C2=O. The van der Waals surface area contributed by atoms with E-state index >= 15 is 0 Å². The summed E-state index contributed by atoms with van der Waals surface area (Å²) in [5.41, 5.74) is 6.80. The van der Waals surface area contributed by atoms with Crippen LogP contribution in [0.15, 0.2) is 30.4 Å². The van der Waals surface area contributed by atoms with Gasteiger partial charge in [0.25, 0.3) is 11.8 Å². The Balaban J connectivity index is 1.74. The van der Waals surface area contributed by atoms with E-state index < -0.39 is 23.8 Å². The van der Waals surface area contributed by atoms with Crippen LogP contribution in [0.5, 0.6) is 0 Å². The van der Waals surface area contributed by atoms with Crippen molar-refractivity contribution >= 4 is 23.6 Å². The number of amides is 4. The molecule has 26 heavy (non-hydrogen) atoms. The van der Waals surface area contributed by atoms with Gasteiger partial charge in [-0.05, 0) is 24.1 Å². The van der Waals surface area contributed by atoms with Crippen LogP contribution >= 0.6 is 0 Å². The van der Waals surface area contributed by atoms with E-state index in [4.69, 9.17) is 5.73 Å². The molecule has 4 amide bonds. The van der Waals surface area contributed by atoms with Gasteiger partial charge in [-0.3, -0.25) is 29.4 Å². The molecule has 3 rings (SSSR count). The molecule has 1 atom stereocenters. The predicted molar refractivity (Wildman–Crippen MR) is 93.0 cm³/mol. The molecular weight excluding hydrogens is 336 g/mol. The third kappa shape index (κ3) is 3.42. The van der Waals surface area contributed by atoms with Crippen LogP contribution in [-0.4, -0.2) is 47.7 Å². The fraction of sp³-hybridized carbons (Fsp3) is 0.333. The summed E-state index contributed by atoms with van der Waals surface area (Å²) in [7, 11) is 0. The van der Waals surface area contributed by atoms with Gasteiger partial charge < -0.3 is 11.1 Å². The van der Waals surface area contributed by atoms with Crippen LogP contribution < -0.4 is 16.4 Å². The lowest BCUT2D eigenvalue weighted by atomic mass is 10.0. The number of hydrogen-bond acceptors (Lipinski definition) is 6. The fourth-order valence-electron chi connectivity index (χ4n) is 3.11. The van der Waals surface area contributed by atoms with Gasteiger partial charge in [0.05, 0.1) is 11.1 Å². The third-order valence-electron chi connectivity index (χ3n) is 4.40. The highest BCUT2D eigenvalue weighted by Crippen LogP contribution is 2.28. The van der Waals surface area contributed by atoms with Gasteiger partial charge in [0.15, 0.2) is 0 Å². The van der Waals surface area contributed by atoms with E-state index in [1.165, 1.54) is 0 Å². The van der Waals surface area contributed by atoms with Crippen molar-refractivity contribution in [3.63, 3.8) is 0 Å². The zero-order valence-corrected chi connectivity index (χ0v) is 14.2. The van der Waals surface area contributed by atoms with E-state index in [9.17, 15) is 19.2 Å². The largest absolute Gasteiger partial charge is 0.327 e. The number of nitrogens with one attached hydrogen (secondary N) is 2. The molecule has 0 radical (unpaired) electrons. The molecule has 1 aromatic carbocycles. The quantitative estimate of drug-likeness (QED) is 0.365. The summed E-state index contributed by atoms with van der Waals surface area (Å²) in [6, 6.07) is 4.11. The number of fused-ring (bicyclic) bond motifs is 1. The minimum atomic E-state index is -0.942. The zero-order chi connectivity index (χ0) is 18.7. The molecule has 2 heterocycles. The summed E-state index contributed by atoms with van der Waals surface area (Å²) in [6.45, 7) is 1.65. The summed E-state index contributed by atoms with van der Waals surface area (Å²) in [5.74, 6) is -1.99. The first-order chi connectivity index (χ1) is 12.5. The van der Waals surface area contributed by atoms with E-state index in [1.54, 1.807) is 18.2 Å². The first-order valence-corrected chi connectivity index (χ1v) is 8.43. The summed E-state index contributed by atoms with van der Waals surface area (Å²) < 4.78 is 0. The van der Waals surface area contributed by atoms with Crippen LogP contribution in [0.4, 0.5) is 0 Å². The van der Waals surface area contributed by atoms with Crippen LogP contribution in [0.1, 0.15) is 39.1 Å². The Labute approximate surface area is 150 Å². The highest BCUT2D eigenvalue weighted by molar-refractivity contribution is 6.23. The summed E-state index contributed by atoms with van der Waals surface area (Å²) in [5, 5.41) is 5.37. The van der Waals surface area contributed by atoms with Crippen molar-refractivity contribution < 1.29 is 19.2 Å². The van der Waals surface area contributed by atoms with Gasteiger partial charge in [0, 0.05) is 26.1 Å². The van der Waals surface area contributed by atoms with Crippen LogP contribution in [0.3, 0.4) is 0 Å². The lowest BCUT2D eigenvalue weighted by Crippen LogP contribution is -2.54. The minimum Gasteiger partial charge on any atom is -0.327 e. The lowest BCUT2D eigenvalue weighted by Gasteiger charge is -2.27. The maximum absolute atomic E-state index is 12.7. The van der Waals surface area contributed by atoms with Gasteiger partial charge in [-0.25, -0.2) is 0 Å². The Bertz CT molecular complexity index is 802. The molecule has 1 aromatic rings. The van der Waals surface area contributed by atoms with Crippen molar-refractivity contribution in [2.24, 2.45) is 5.73 Å². The fourth-order valence-corrected chi connectivity index (χ4v) is 3.11. The van der Waals surface area contributed by atoms with Crippen molar-refractivity contribution in [3.05, 3.63) is 47.0 Å². The molecule has 1 unspecified atom stereocenters. The lowest BCUT2D eigenvalue weighted by molar-refractivity contribution is -0.136. The summed E-state index contributed by atoms with van der Waals surface area (Å²) in [4.78, 5) is 49.6. The van der Waals surface area contributed by atoms with Gasteiger partial charge >= 0.3 is 0 Å². The number of benzene rings is 1. The Morgan fingerprint density at radius 1 is 1.15 bits per heavy atom. The van der Waals surface area contributed by atoms with Crippen molar-refractivity contribution in [3.8, 4) is 0 Å². The van der Waals surface area contributed by atoms with Gasteiger partial charge in [-0.2, -0.15) is 0 Å². The Morgan fingerprint density at radius 2 is 1.92 bits per heavy atom. The maximum Gasteiger partial charge on any atom is 0.262 e. The molecular formula is C18H20N4O4. The number of nitrogens with two attached hydrogens (primary N) is 1. The maximum atomic E-state index is 12.7. The molecule has 8 heteroatoms. The van der Waals surface area contributed by atoms with Gasteiger partial charge in [0.2, 0.25) is 11.8 Å². The van der Waals surface area contributed by atoms with E-state index in [0.29, 0.717) is 19.6 Å². The molecule has 0 aliphatic carbocycles. The molecule has 0 spiro atoms. The van der Waals surface area contributed by atoms with Crippen LogP contribution in [0, 0.1) is 0 Å². The number of carbonyl (C=O) groups excluding carboxylic acids is 4. The average molecular weight is 356 g/mol. The number of rotatable bonds is 6. The standard InChI is InChI=1S/C18H20N4O4/c19-7-1-2-8-20-10-11-3-4-12-13(9-11)18(26)22(17(12)25)14-5-6-15(23)21-16(14)24/h1-4,9,14,20H,5-8,10,19H2,(H,21,23,24)/b2-1-. The Kier molecular flexibility index (Phi) is 5.24. The topological polar surface area (TPSA) is 122 Å². The average Bonchev–Trinajstić information content (AvgIpc) is 2.86. The number of piperidine rings is 1. The summed E-state index contributed by atoms with van der Waals surface area (Å²) >= 11 is 0. The smallest absolute Gasteiger partial charge is 0.262 e. The van der Waals surface area contributed by atoms with Gasteiger partial charge in [-0.1, -0.05) is 18.2 Å². The highest BCUT2D eigenvalue weighted by Gasteiger charge is 2.44. The number of nitrogens with zero attached hydrogens (tertiary/aromatic N) is 1. The Hall–Kier alpha value is -2.84. The number of carbonyl (C=O) groups is 4. The number of hydrogen-bond donors (Lipinski definition) is 3. The monoisotopic (exact) mass is 356 g/mol. The van der Waals surface area contributed by atoms with Crippen LogP contribution in [0.2, 0.25) is 0 Å². The molecule has 2 aliphatic heterocycles. The normalized spacial score (nSPS) is 20.0.